The Balaban J connectivity index is 0.00000196. The Labute approximate surface area is 96.3 Å². The number of benzene rings is 1. The van der Waals surface area contributed by atoms with E-state index < -0.39 is 0 Å². The van der Waals surface area contributed by atoms with E-state index in [1.54, 1.807) is 19.2 Å². The first-order valence-electron chi connectivity index (χ1n) is 4.50. The molecule has 15 heavy (non-hydrogen) atoms. The van der Waals surface area contributed by atoms with Gasteiger partial charge >= 0.3 is 0 Å². The van der Waals surface area contributed by atoms with Crippen molar-refractivity contribution >= 4 is 12.4 Å². The Kier molecular flexibility index (Phi) is 6.72. The molecule has 1 unspecified atom stereocenters. The van der Waals surface area contributed by atoms with Crippen LogP contribution in [0.5, 0.6) is 0 Å². The van der Waals surface area contributed by atoms with E-state index in [1.165, 1.54) is 0 Å². The summed E-state index contributed by atoms with van der Waals surface area (Å²) in [7, 11) is 1.64. The molecular weight excluding hydrogens is 212 g/mol. The molecule has 0 aliphatic carbocycles. The van der Waals surface area contributed by atoms with Crippen LogP contribution in [-0.4, -0.2) is 19.8 Å². The molecule has 0 heterocycles. The van der Waals surface area contributed by atoms with Crippen molar-refractivity contribution in [2.24, 2.45) is 5.73 Å². The SMILES string of the molecule is COCC(N)Cc1ccc(C#N)cc1.Cl. The molecule has 1 atom stereocenters. The number of nitriles is 1. The van der Waals surface area contributed by atoms with Gasteiger partial charge in [0.2, 0.25) is 0 Å². The molecule has 4 heteroatoms. The number of hydrogen-bond donors (Lipinski definition) is 1. The van der Waals surface area contributed by atoms with Crippen molar-refractivity contribution in [3.05, 3.63) is 35.4 Å². The van der Waals surface area contributed by atoms with Gasteiger partial charge in [-0.25, -0.2) is 0 Å². The van der Waals surface area contributed by atoms with Gasteiger partial charge in [-0.05, 0) is 24.1 Å². The third kappa shape index (κ3) is 4.80. The number of ether oxygens (including phenoxy) is 1. The van der Waals surface area contributed by atoms with Gasteiger partial charge in [0, 0.05) is 13.2 Å². The molecule has 0 aromatic heterocycles. The van der Waals surface area contributed by atoms with Crippen molar-refractivity contribution in [3.63, 3.8) is 0 Å². The van der Waals surface area contributed by atoms with Crippen LogP contribution in [-0.2, 0) is 11.2 Å². The van der Waals surface area contributed by atoms with Gasteiger partial charge in [-0.3, -0.25) is 0 Å². The van der Waals surface area contributed by atoms with Crippen LogP contribution in [0.15, 0.2) is 24.3 Å². The maximum Gasteiger partial charge on any atom is 0.0991 e. The monoisotopic (exact) mass is 226 g/mol. The highest BCUT2D eigenvalue weighted by atomic mass is 35.5. The number of rotatable bonds is 4. The van der Waals surface area contributed by atoms with E-state index in [0.717, 1.165) is 12.0 Å². The second kappa shape index (κ2) is 7.24. The molecule has 0 saturated heterocycles. The third-order valence-corrected chi connectivity index (χ3v) is 1.96. The lowest BCUT2D eigenvalue weighted by Gasteiger charge is -2.09. The van der Waals surface area contributed by atoms with Gasteiger partial charge in [0.1, 0.15) is 0 Å². The van der Waals surface area contributed by atoms with E-state index in [-0.39, 0.29) is 18.4 Å². The Morgan fingerprint density at radius 2 is 2.00 bits per heavy atom. The molecule has 1 aromatic rings. The second-order valence-electron chi connectivity index (χ2n) is 3.23. The van der Waals surface area contributed by atoms with Crippen molar-refractivity contribution in [1.82, 2.24) is 0 Å². The summed E-state index contributed by atoms with van der Waals surface area (Å²) in [6.07, 6.45) is 0.777. The number of hydrogen-bond acceptors (Lipinski definition) is 3. The van der Waals surface area contributed by atoms with Crippen LogP contribution >= 0.6 is 12.4 Å². The summed E-state index contributed by atoms with van der Waals surface area (Å²) in [5, 5.41) is 8.60. The van der Waals surface area contributed by atoms with Gasteiger partial charge in [0.15, 0.2) is 0 Å². The zero-order valence-electron chi connectivity index (χ0n) is 8.64. The zero-order chi connectivity index (χ0) is 10.4. The van der Waals surface area contributed by atoms with E-state index >= 15 is 0 Å². The fraction of sp³-hybridized carbons (Fsp3) is 0.364. The highest BCUT2D eigenvalue weighted by Gasteiger charge is 2.02. The van der Waals surface area contributed by atoms with Crippen molar-refractivity contribution in [3.8, 4) is 6.07 Å². The maximum absolute atomic E-state index is 8.60. The minimum absolute atomic E-state index is 0. The Morgan fingerprint density at radius 3 is 2.47 bits per heavy atom. The van der Waals surface area contributed by atoms with E-state index in [1.807, 2.05) is 12.1 Å². The van der Waals surface area contributed by atoms with Crippen molar-refractivity contribution < 1.29 is 4.74 Å². The summed E-state index contributed by atoms with van der Waals surface area (Å²) < 4.78 is 4.94. The molecule has 0 radical (unpaired) electrons. The van der Waals surface area contributed by atoms with Crippen molar-refractivity contribution in [2.75, 3.05) is 13.7 Å². The number of halogens is 1. The second-order valence-corrected chi connectivity index (χ2v) is 3.23. The number of methoxy groups -OCH3 is 1. The van der Waals surface area contributed by atoms with Gasteiger partial charge < -0.3 is 10.5 Å². The molecule has 0 aliphatic heterocycles. The number of nitrogens with zero attached hydrogens (tertiary/aromatic N) is 1. The van der Waals surface area contributed by atoms with E-state index in [0.29, 0.717) is 12.2 Å². The fourth-order valence-corrected chi connectivity index (χ4v) is 1.29. The minimum atomic E-state index is 0. The molecule has 0 fully saturated rings. The molecule has 0 amide bonds. The van der Waals surface area contributed by atoms with Crippen LogP contribution < -0.4 is 5.73 Å². The van der Waals surface area contributed by atoms with Crippen molar-refractivity contribution in [2.45, 2.75) is 12.5 Å². The molecule has 0 bridgehead atoms. The van der Waals surface area contributed by atoms with Gasteiger partial charge in [0.05, 0.1) is 18.2 Å². The molecule has 0 aliphatic rings. The van der Waals surface area contributed by atoms with Crippen molar-refractivity contribution in [1.29, 1.82) is 5.26 Å². The van der Waals surface area contributed by atoms with Gasteiger partial charge in [-0.1, -0.05) is 12.1 Å². The van der Waals surface area contributed by atoms with Crippen LogP contribution in [0.1, 0.15) is 11.1 Å². The number of nitrogens with two attached hydrogens (primary N) is 1. The van der Waals surface area contributed by atoms with Crippen LogP contribution in [0.2, 0.25) is 0 Å². The van der Waals surface area contributed by atoms with E-state index in [9.17, 15) is 0 Å². The first-order chi connectivity index (χ1) is 6.76. The predicted molar refractivity (Wildman–Crippen MR) is 62.0 cm³/mol. The lowest BCUT2D eigenvalue weighted by Crippen LogP contribution is -2.27. The lowest BCUT2D eigenvalue weighted by molar-refractivity contribution is 0.180. The first-order valence-corrected chi connectivity index (χ1v) is 4.50. The minimum Gasteiger partial charge on any atom is -0.383 e. The Bertz CT molecular complexity index is 318. The summed E-state index contributed by atoms with van der Waals surface area (Å²) in [6.45, 7) is 0.556. The summed E-state index contributed by atoms with van der Waals surface area (Å²) in [5.74, 6) is 0. The van der Waals surface area contributed by atoms with Crippen LogP contribution in [0.25, 0.3) is 0 Å². The third-order valence-electron chi connectivity index (χ3n) is 1.96. The van der Waals surface area contributed by atoms with Gasteiger partial charge in [-0.2, -0.15) is 5.26 Å². The van der Waals surface area contributed by atoms with Crippen LogP contribution in [0.3, 0.4) is 0 Å². The van der Waals surface area contributed by atoms with Crippen LogP contribution in [0.4, 0.5) is 0 Å². The standard InChI is InChI=1S/C11H14N2O.ClH/c1-14-8-11(13)6-9-2-4-10(7-12)5-3-9;/h2-5,11H,6,8,13H2,1H3;1H. The molecule has 2 N–H and O–H groups in total. The van der Waals surface area contributed by atoms with Crippen LogP contribution in [0, 0.1) is 11.3 Å². The predicted octanol–water partition coefficient (Wildman–Crippen LogP) is 1.50. The topological polar surface area (TPSA) is 59.0 Å². The summed E-state index contributed by atoms with van der Waals surface area (Å²) in [6, 6.07) is 9.55. The molecule has 1 rings (SSSR count). The first kappa shape index (κ1) is 13.9. The normalized spacial score (nSPS) is 11.3. The summed E-state index contributed by atoms with van der Waals surface area (Å²) in [5.41, 5.74) is 7.60. The Morgan fingerprint density at radius 1 is 1.40 bits per heavy atom. The lowest BCUT2D eigenvalue weighted by atomic mass is 10.1. The molecule has 3 nitrogen and oxygen atoms in total. The molecule has 82 valence electrons. The molecule has 1 aromatic carbocycles. The van der Waals surface area contributed by atoms with Gasteiger partial charge in [0.25, 0.3) is 0 Å². The highest BCUT2D eigenvalue weighted by Crippen LogP contribution is 2.05. The highest BCUT2D eigenvalue weighted by molar-refractivity contribution is 5.85. The molecule has 0 saturated carbocycles. The maximum atomic E-state index is 8.60. The average Bonchev–Trinajstić information content (AvgIpc) is 2.19. The van der Waals surface area contributed by atoms with E-state index in [2.05, 4.69) is 6.07 Å². The molecular formula is C11H15ClN2O. The van der Waals surface area contributed by atoms with Gasteiger partial charge in [-0.15, -0.1) is 12.4 Å². The smallest absolute Gasteiger partial charge is 0.0991 e. The molecule has 0 spiro atoms. The largest absolute Gasteiger partial charge is 0.383 e. The average molecular weight is 227 g/mol. The summed E-state index contributed by atoms with van der Waals surface area (Å²) in [4.78, 5) is 0. The summed E-state index contributed by atoms with van der Waals surface area (Å²) >= 11 is 0. The quantitative estimate of drug-likeness (QED) is 0.847. The zero-order valence-corrected chi connectivity index (χ0v) is 9.46. The Hall–Kier alpha value is -1.08. The fourth-order valence-electron chi connectivity index (χ4n) is 1.29. The van der Waals surface area contributed by atoms with E-state index in [4.69, 9.17) is 15.7 Å².